The fourth-order valence-electron chi connectivity index (χ4n) is 4.54. The quantitative estimate of drug-likeness (QED) is 0.270. The Morgan fingerprint density at radius 1 is 1.12 bits per heavy atom. The van der Waals surface area contributed by atoms with Crippen molar-refractivity contribution in [3.63, 3.8) is 0 Å². The van der Waals surface area contributed by atoms with Gasteiger partial charge in [-0.05, 0) is 53.4 Å². The van der Waals surface area contributed by atoms with Crippen LogP contribution in [-0.4, -0.2) is 45.7 Å². The first-order chi connectivity index (χ1) is 20.0. The van der Waals surface area contributed by atoms with E-state index in [1.54, 1.807) is 47.5 Å². The number of halogens is 1. The minimum atomic E-state index is -0.812. The molecule has 4 heterocycles. The molecule has 4 aromatic rings. The van der Waals surface area contributed by atoms with Crippen molar-refractivity contribution < 1.29 is 19.1 Å². The summed E-state index contributed by atoms with van der Waals surface area (Å²) in [7, 11) is 1.53. The fourth-order valence-corrected chi connectivity index (χ4v) is 5.96. The van der Waals surface area contributed by atoms with E-state index in [9.17, 15) is 14.4 Å². The number of thiophene rings is 1. The molecule has 0 bridgehead atoms. The molecule has 1 unspecified atom stereocenters. The molecule has 0 saturated carbocycles. The van der Waals surface area contributed by atoms with E-state index >= 15 is 0 Å². The Kier molecular flexibility index (Phi) is 8.29. The van der Waals surface area contributed by atoms with Crippen molar-refractivity contribution in [1.29, 1.82) is 0 Å². The minimum Gasteiger partial charge on any atom is -0.495 e. The number of hydrogen-bond acceptors (Lipinski definition) is 7. The van der Waals surface area contributed by atoms with Crippen LogP contribution in [0.1, 0.15) is 56.9 Å². The average Bonchev–Trinajstić information content (AvgIpc) is 3.36. The molecule has 0 fully saturated rings. The summed E-state index contributed by atoms with van der Waals surface area (Å²) in [5, 5.41) is 5.91. The maximum atomic E-state index is 14.0. The van der Waals surface area contributed by atoms with Crippen molar-refractivity contribution in [1.82, 2.24) is 14.9 Å². The first-order valence-electron chi connectivity index (χ1n) is 13.3. The summed E-state index contributed by atoms with van der Waals surface area (Å²) in [6.45, 7) is 6.30. The molecule has 0 radical (unpaired) electrons. The van der Waals surface area contributed by atoms with E-state index in [1.165, 1.54) is 24.6 Å². The first-order valence-corrected chi connectivity index (χ1v) is 14.5. The average molecular weight is 604 g/mol. The maximum Gasteiger partial charge on any atom is 0.267 e. The standard InChI is InChI=1S/C31H30ClN5O4S/c1-31(2,3)25-15-23-27(42-25)30(40)37(24(29(39)35-23)14-19-7-5-6-12-33-19)17-18-8-10-21(22(32)13-18)28(38)36-26-11-9-20(41-4)16-34-26/h5-13,15-16,24H,14,17H2,1-4H3,(H,35,39)(H,34,36,38). The van der Waals surface area contributed by atoms with Crippen LogP contribution in [-0.2, 0) is 23.2 Å². The van der Waals surface area contributed by atoms with Crippen molar-refractivity contribution in [2.24, 2.45) is 0 Å². The molecule has 1 aromatic carbocycles. The third-order valence-electron chi connectivity index (χ3n) is 6.84. The van der Waals surface area contributed by atoms with Crippen molar-refractivity contribution >= 4 is 52.2 Å². The Bertz CT molecular complexity index is 1630. The zero-order valence-corrected chi connectivity index (χ0v) is 25.2. The molecule has 11 heteroatoms. The van der Waals surface area contributed by atoms with E-state index in [2.05, 4.69) is 41.4 Å². The monoisotopic (exact) mass is 603 g/mol. The number of rotatable bonds is 7. The van der Waals surface area contributed by atoms with Crippen LogP contribution in [0.2, 0.25) is 5.02 Å². The van der Waals surface area contributed by atoms with Gasteiger partial charge in [0.2, 0.25) is 5.91 Å². The molecule has 1 aliphatic heterocycles. The second-order valence-electron chi connectivity index (χ2n) is 10.9. The number of benzene rings is 1. The number of ether oxygens (including phenoxy) is 1. The molecule has 9 nitrogen and oxygen atoms in total. The van der Waals surface area contributed by atoms with Crippen LogP contribution in [0.25, 0.3) is 0 Å². The number of anilines is 2. The third-order valence-corrected chi connectivity index (χ3v) is 8.70. The largest absolute Gasteiger partial charge is 0.495 e. The lowest BCUT2D eigenvalue weighted by Gasteiger charge is -2.29. The summed E-state index contributed by atoms with van der Waals surface area (Å²) in [5.41, 5.74) is 1.94. The molecule has 2 N–H and O–H groups in total. The Morgan fingerprint density at radius 3 is 2.57 bits per heavy atom. The highest BCUT2D eigenvalue weighted by molar-refractivity contribution is 7.14. The smallest absolute Gasteiger partial charge is 0.267 e. The van der Waals surface area contributed by atoms with Gasteiger partial charge in [0.05, 0.1) is 29.6 Å². The van der Waals surface area contributed by atoms with E-state index in [-0.39, 0.29) is 40.8 Å². The number of nitrogens with one attached hydrogen (secondary N) is 2. The normalized spacial score (nSPS) is 15.1. The molecule has 3 aromatic heterocycles. The fraction of sp³-hybridized carbons (Fsp3) is 0.258. The number of hydrogen-bond donors (Lipinski definition) is 2. The van der Waals surface area contributed by atoms with Crippen LogP contribution < -0.4 is 15.4 Å². The van der Waals surface area contributed by atoms with Gasteiger partial charge in [0.1, 0.15) is 22.5 Å². The second-order valence-corrected chi connectivity index (χ2v) is 12.4. The number of carbonyl (C=O) groups excluding carboxylic acids is 3. The minimum absolute atomic E-state index is 0.105. The molecule has 0 saturated heterocycles. The van der Waals surface area contributed by atoms with Crippen LogP contribution in [0, 0.1) is 0 Å². The Labute approximate surface area is 252 Å². The number of amides is 3. The van der Waals surface area contributed by atoms with Crippen LogP contribution in [0.3, 0.4) is 0 Å². The molecular weight excluding hydrogens is 574 g/mol. The van der Waals surface area contributed by atoms with Gasteiger partial charge in [0, 0.05) is 29.7 Å². The molecule has 3 amide bonds. The number of pyridine rings is 2. The van der Waals surface area contributed by atoms with Crippen molar-refractivity contribution in [2.75, 3.05) is 17.7 Å². The molecule has 0 spiro atoms. The van der Waals surface area contributed by atoms with Gasteiger partial charge in [0.15, 0.2) is 0 Å². The summed E-state index contributed by atoms with van der Waals surface area (Å²) >= 11 is 7.95. The van der Waals surface area contributed by atoms with E-state index < -0.39 is 11.9 Å². The topological polar surface area (TPSA) is 114 Å². The summed E-state index contributed by atoms with van der Waals surface area (Å²) in [5.74, 6) is -0.0625. The second kappa shape index (κ2) is 11.9. The molecule has 42 heavy (non-hydrogen) atoms. The Morgan fingerprint density at radius 2 is 1.93 bits per heavy atom. The highest BCUT2D eigenvalue weighted by atomic mass is 35.5. The van der Waals surface area contributed by atoms with Gasteiger partial charge in [-0.3, -0.25) is 19.4 Å². The number of fused-ring (bicyclic) bond motifs is 1. The van der Waals surface area contributed by atoms with Gasteiger partial charge in [-0.15, -0.1) is 11.3 Å². The highest BCUT2D eigenvalue weighted by Gasteiger charge is 2.38. The summed E-state index contributed by atoms with van der Waals surface area (Å²) in [4.78, 5) is 52.1. The molecular formula is C31H30ClN5O4S. The van der Waals surface area contributed by atoms with Gasteiger partial charge in [0.25, 0.3) is 11.8 Å². The van der Waals surface area contributed by atoms with Gasteiger partial charge in [-0.1, -0.05) is 44.5 Å². The Hall–Kier alpha value is -4.28. The van der Waals surface area contributed by atoms with Gasteiger partial charge >= 0.3 is 0 Å². The lowest BCUT2D eigenvalue weighted by atomic mass is 9.94. The number of nitrogens with zero attached hydrogens (tertiary/aromatic N) is 3. The molecule has 5 rings (SSSR count). The molecule has 216 valence electrons. The lowest BCUT2D eigenvalue weighted by molar-refractivity contribution is -0.120. The van der Waals surface area contributed by atoms with Crippen molar-refractivity contribution in [3.8, 4) is 5.75 Å². The zero-order valence-electron chi connectivity index (χ0n) is 23.6. The van der Waals surface area contributed by atoms with E-state index in [1.807, 2.05) is 18.2 Å². The molecule has 1 atom stereocenters. The third kappa shape index (κ3) is 6.29. The van der Waals surface area contributed by atoms with E-state index in [4.69, 9.17) is 16.3 Å². The van der Waals surface area contributed by atoms with E-state index in [0.29, 0.717) is 33.4 Å². The summed E-state index contributed by atoms with van der Waals surface area (Å²) < 4.78 is 5.10. The van der Waals surface area contributed by atoms with E-state index in [0.717, 1.165) is 4.88 Å². The van der Waals surface area contributed by atoms with Gasteiger partial charge in [-0.25, -0.2) is 4.98 Å². The maximum absolute atomic E-state index is 14.0. The number of carbonyl (C=O) groups is 3. The van der Waals surface area contributed by atoms with Crippen molar-refractivity contribution in [2.45, 2.75) is 45.2 Å². The first kappa shape index (κ1) is 29.2. The van der Waals surface area contributed by atoms with Crippen molar-refractivity contribution in [3.05, 3.63) is 98.6 Å². The van der Waals surface area contributed by atoms with Crippen LogP contribution >= 0.6 is 22.9 Å². The van der Waals surface area contributed by atoms with Gasteiger partial charge in [-0.2, -0.15) is 0 Å². The molecule has 0 aliphatic carbocycles. The van der Waals surface area contributed by atoms with Gasteiger partial charge < -0.3 is 20.3 Å². The van der Waals surface area contributed by atoms with Crippen LogP contribution in [0.5, 0.6) is 5.75 Å². The number of methoxy groups -OCH3 is 1. The van der Waals surface area contributed by atoms with Crippen LogP contribution in [0.4, 0.5) is 11.5 Å². The summed E-state index contributed by atoms with van der Waals surface area (Å²) in [6.07, 6.45) is 3.40. The molecule has 1 aliphatic rings. The van der Waals surface area contributed by atoms with Crippen LogP contribution in [0.15, 0.2) is 67.0 Å². The lowest BCUT2D eigenvalue weighted by Crippen LogP contribution is -2.46. The predicted octanol–water partition coefficient (Wildman–Crippen LogP) is 5.96. The Balaban J connectivity index is 1.44. The number of aromatic nitrogens is 2. The zero-order chi connectivity index (χ0) is 30.0. The predicted molar refractivity (Wildman–Crippen MR) is 163 cm³/mol. The summed E-state index contributed by atoms with van der Waals surface area (Å²) in [6, 6.07) is 14.8. The highest BCUT2D eigenvalue weighted by Crippen LogP contribution is 2.38. The SMILES string of the molecule is COc1ccc(NC(=O)c2ccc(CN3C(=O)c4sc(C(C)(C)C)cc4NC(=O)C3Cc3ccccn3)cc2Cl)nc1.